The molecule has 0 aromatic heterocycles. The lowest BCUT2D eigenvalue weighted by Crippen LogP contribution is -2.01. The maximum atomic E-state index is 10.2. The molecule has 1 unspecified atom stereocenters. The van der Waals surface area contributed by atoms with Gasteiger partial charge in [0.15, 0.2) is 0 Å². The molecule has 0 spiro atoms. The highest BCUT2D eigenvalue weighted by atomic mass is 16.3. The average molecular weight is 240 g/mol. The normalized spacial score (nSPS) is 12.4. The summed E-state index contributed by atoms with van der Waals surface area (Å²) in [4.78, 5) is 0. The van der Waals surface area contributed by atoms with Crippen molar-refractivity contribution in [2.75, 3.05) is 0 Å². The number of aryl methyl sites for hydroxylation is 3. The van der Waals surface area contributed by atoms with E-state index >= 15 is 0 Å². The summed E-state index contributed by atoms with van der Waals surface area (Å²) in [6.45, 7) is 4.14. The van der Waals surface area contributed by atoms with Crippen molar-refractivity contribution in [3.8, 4) is 0 Å². The minimum absolute atomic E-state index is 0.368. The predicted octanol–water partition coefficient (Wildman–Crippen LogP) is 3.97. The van der Waals surface area contributed by atoms with Crippen LogP contribution in [0, 0.1) is 13.8 Å². The van der Waals surface area contributed by atoms with Crippen LogP contribution in [0.3, 0.4) is 0 Å². The minimum Gasteiger partial charge on any atom is -0.388 e. The van der Waals surface area contributed by atoms with Crippen molar-refractivity contribution in [3.05, 3.63) is 70.8 Å². The topological polar surface area (TPSA) is 20.2 Å². The van der Waals surface area contributed by atoms with Crippen LogP contribution in [-0.4, -0.2) is 5.11 Å². The second kappa shape index (κ2) is 5.83. The van der Waals surface area contributed by atoms with Gasteiger partial charge in [0.2, 0.25) is 0 Å². The van der Waals surface area contributed by atoms with Crippen molar-refractivity contribution in [1.29, 1.82) is 0 Å². The van der Waals surface area contributed by atoms with Gasteiger partial charge in [0.1, 0.15) is 0 Å². The monoisotopic (exact) mass is 240 g/mol. The third-order valence-corrected chi connectivity index (χ3v) is 3.37. The lowest BCUT2D eigenvalue weighted by atomic mass is 9.98. The molecule has 0 amide bonds. The Labute approximate surface area is 109 Å². The molecule has 1 heteroatoms. The first-order valence-electron chi connectivity index (χ1n) is 6.46. The summed E-state index contributed by atoms with van der Waals surface area (Å²) in [5.74, 6) is 0. The molecule has 1 N–H and O–H groups in total. The second-order valence-electron chi connectivity index (χ2n) is 4.90. The Bertz CT molecular complexity index is 499. The van der Waals surface area contributed by atoms with Crippen LogP contribution in [0.5, 0.6) is 0 Å². The Morgan fingerprint density at radius 1 is 0.944 bits per heavy atom. The van der Waals surface area contributed by atoms with E-state index in [1.807, 2.05) is 31.2 Å². The molecule has 1 nitrogen and oxygen atoms in total. The highest BCUT2D eigenvalue weighted by Crippen LogP contribution is 2.22. The van der Waals surface area contributed by atoms with Crippen LogP contribution in [-0.2, 0) is 6.42 Å². The molecular formula is C17H20O. The van der Waals surface area contributed by atoms with E-state index in [9.17, 15) is 5.11 Å². The molecule has 2 aromatic carbocycles. The zero-order chi connectivity index (χ0) is 13.0. The van der Waals surface area contributed by atoms with Crippen LogP contribution in [0.4, 0.5) is 0 Å². The van der Waals surface area contributed by atoms with Gasteiger partial charge < -0.3 is 5.11 Å². The van der Waals surface area contributed by atoms with Crippen molar-refractivity contribution < 1.29 is 5.11 Å². The second-order valence-corrected chi connectivity index (χ2v) is 4.90. The van der Waals surface area contributed by atoms with E-state index in [1.54, 1.807) is 0 Å². The molecule has 0 saturated carbocycles. The molecule has 0 aliphatic rings. The summed E-state index contributed by atoms with van der Waals surface area (Å²) in [5, 5.41) is 10.2. The zero-order valence-corrected chi connectivity index (χ0v) is 11.1. The minimum atomic E-state index is -0.368. The summed E-state index contributed by atoms with van der Waals surface area (Å²) >= 11 is 0. The van der Waals surface area contributed by atoms with Crippen molar-refractivity contribution in [2.45, 2.75) is 32.8 Å². The standard InChI is InChI=1S/C17H20O/c1-13-7-9-15(10-8-13)11-12-17(18)16-6-4-3-5-14(16)2/h3-10,17-18H,11-12H2,1-2H3. The largest absolute Gasteiger partial charge is 0.388 e. The third kappa shape index (κ3) is 3.21. The van der Waals surface area contributed by atoms with Gasteiger partial charge in [0.25, 0.3) is 0 Å². The van der Waals surface area contributed by atoms with E-state index in [0.29, 0.717) is 0 Å². The fourth-order valence-electron chi connectivity index (χ4n) is 2.17. The Kier molecular flexibility index (Phi) is 4.16. The van der Waals surface area contributed by atoms with Crippen molar-refractivity contribution in [1.82, 2.24) is 0 Å². The van der Waals surface area contributed by atoms with Crippen molar-refractivity contribution in [2.24, 2.45) is 0 Å². The van der Waals surface area contributed by atoms with Gasteiger partial charge in [-0.2, -0.15) is 0 Å². The fraction of sp³-hybridized carbons (Fsp3) is 0.294. The van der Waals surface area contributed by atoms with E-state index in [1.165, 1.54) is 11.1 Å². The van der Waals surface area contributed by atoms with Gasteiger partial charge in [0, 0.05) is 0 Å². The summed E-state index contributed by atoms with van der Waals surface area (Å²) in [5.41, 5.74) is 4.77. The van der Waals surface area contributed by atoms with E-state index in [-0.39, 0.29) is 6.10 Å². The van der Waals surface area contributed by atoms with Crippen LogP contribution in [0.25, 0.3) is 0 Å². The van der Waals surface area contributed by atoms with E-state index in [2.05, 4.69) is 31.2 Å². The lowest BCUT2D eigenvalue weighted by Gasteiger charge is -2.13. The molecule has 2 rings (SSSR count). The number of aliphatic hydroxyl groups excluding tert-OH is 1. The first-order valence-corrected chi connectivity index (χ1v) is 6.46. The van der Waals surface area contributed by atoms with Crippen LogP contribution in [0.15, 0.2) is 48.5 Å². The van der Waals surface area contributed by atoms with Gasteiger partial charge in [-0.1, -0.05) is 54.1 Å². The van der Waals surface area contributed by atoms with E-state index in [0.717, 1.165) is 24.0 Å². The molecule has 2 aromatic rings. The molecular weight excluding hydrogens is 220 g/mol. The molecule has 0 radical (unpaired) electrons. The molecule has 0 bridgehead atoms. The van der Waals surface area contributed by atoms with Crippen molar-refractivity contribution in [3.63, 3.8) is 0 Å². The molecule has 0 saturated heterocycles. The Morgan fingerprint density at radius 2 is 1.61 bits per heavy atom. The van der Waals surface area contributed by atoms with Crippen LogP contribution in [0.1, 0.15) is 34.8 Å². The molecule has 0 fully saturated rings. The van der Waals surface area contributed by atoms with Gasteiger partial charge >= 0.3 is 0 Å². The van der Waals surface area contributed by atoms with E-state index < -0.39 is 0 Å². The molecule has 0 aliphatic carbocycles. The van der Waals surface area contributed by atoms with Crippen LogP contribution in [0.2, 0.25) is 0 Å². The quantitative estimate of drug-likeness (QED) is 0.857. The maximum Gasteiger partial charge on any atom is 0.0795 e. The van der Waals surface area contributed by atoms with Gasteiger partial charge in [-0.05, 0) is 43.4 Å². The molecule has 1 atom stereocenters. The smallest absolute Gasteiger partial charge is 0.0795 e. The number of rotatable bonds is 4. The van der Waals surface area contributed by atoms with Crippen molar-refractivity contribution >= 4 is 0 Å². The molecule has 0 heterocycles. The third-order valence-electron chi connectivity index (χ3n) is 3.37. The van der Waals surface area contributed by atoms with Crippen LogP contribution >= 0.6 is 0 Å². The summed E-state index contributed by atoms with van der Waals surface area (Å²) in [6, 6.07) is 16.6. The number of hydrogen-bond donors (Lipinski definition) is 1. The Morgan fingerprint density at radius 3 is 2.28 bits per heavy atom. The number of benzene rings is 2. The van der Waals surface area contributed by atoms with Gasteiger partial charge in [-0.25, -0.2) is 0 Å². The average Bonchev–Trinajstić information content (AvgIpc) is 2.38. The SMILES string of the molecule is Cc1ccc(CCC(O)c2ccccc2C)cc1. The molecule has 18 heavy (non-hydrogen) atoms. The molecule has 0 aliphatic heterocycles. The fourth-order valence-corrected chi connectivity index (χ4v) is 2.17. The summed E-state index contributed by atoms with van der Waals surface area (Å²) in [6.07, 6.45) is 1.32. The first-order chi connectivity index (χ1) is 8.66. The summed E-state index contributed by atoms with van der Waals surface area (Å²) < 4.78 is 0. The number of hydrogen-bond acceptors (Lipinski definition) is 1. The van der Waals surface area contributed by atoms with Gasteiger partial charge in [-0.3, -0.25) is 0 Å². The maximum absolute atomic E-state index is 10.2. The Hall–Kier alpha value is -1.60. The zero-order valence-electron chi connectivity index (χ0n) is 11.1. The molecule has 94 valence electrons. The first kappa shape index (κ1) is 12.8. The summed E-state index contributed by atoms with van der Waals surface area (Å²) in [7, 11) is 0. The predicted molar refractivity (Wildman–Crippen MR) is 75.6 cm³/mol. The highest BCUT2D eigenvalue weighted by Gasteiger charge is 2.09. The van der Waals surface area contributed by atoms with E-state index in [4.69, 9.17) is 0 Å². The van der Waals surface area contributed by atoms with Crippen LogP contribution < -0.4 is 0 Å². The van der Waals surface area contributed by atoms with Gasteiger partial charge in [0.05, 0.1) is 6.10 Å². The lowest BCUT2D eigenvalue weighted by molar-refractivity contribution is 0.167. The Balaban J connectivity index is 1.98. The number of aliphatic hydroxyl groups is 1. The highest BCUT2D eigenvalue weighted by molar-refractivity contribution is 5.28. The van der Waals surface area contributed by atoms with Gasteiger partial charge in [-0.15, -0.1) is 0 Å².